The number of hydrazine groups is 1. The molecule has 7 heteroatoms. The minimum atomic E-state index is -0.158. The Kier molecular flexibility index (Phi) is 5.33. The molecule has 7 nitrogen and oxygen atoms in total. The van der Waals surface area contributed by atoms with Crippen LogP contribution in [0, 0.1) is 11.8 Å². The van der Waals surface area contributed by atoms with Gasteiger partial charge in [0.05, 0.1) is 0 Å². The molecule has 2 fully saturated rings. The lowest BCUT2D eigenvalue weighted by molar-refractivity contribution is -0.134. The molecule has 0 bridgehead atoms. The molecule has 1 aromatic rings. The molecule has 3 amide bonds. The van der Waals surface area contributed by atoms with Gasteiger partial charge in [-0.05, 0) is 37.0 Å². The fourth-order valence-corrected chi connectivity index (χ4v) is 3.82. The molecule has 1 saturated carbocycles. The van der Waals surface area contributed by atoms with Gasteiger partial charge in [-0.15, -0.1) is 0 Å². The van der Waals surface area contributed by atoms with Crippen LogP contribution in [0.2, 0.25) is 0 Å². The molecule has 25 heavy (non-hydrogen) atoms. The molecule has 1 heterocycles. The number of anilines is 2. The second kappa shape index (κ2) is 7.65. The first kappa shape index (κ1) is 17.4. The highest BCUT2D eigenvalue weighted by molar-refractivity contribution is 5.93. The lowest BCUT2D eigenvalue weighted by Crippen LogP contribution is -2.60. The first-order chi connectivity index (χ1) is 12.0. The van der Waals surface area contributed by atoms with Crippen molar-refractivity contribution in [3.05, 3.63) is 24.3 Å². The number of amides is 3. The molecule has 1 aromatic carbocycles. The highest BCUT2D eigenvalue weighted by Crippen LogP contribution is 2.35. The number of benzene rings is 1. The first-order valence-electron chi connectivity index (χ1n) is 8.76. The maximum Gasteiger partial charge on any atom is 0.237 e. The number of nitrogens with one attached hydrogen (secondary N) is 4. The summed E-state index contributed by atoms with van der Waals surface area (Å²) in [4.78, 5) is 35.5. The Hall–Kier alpha value is -2.41. The van der Waals surface area contributed by atoms with Crippen molar-refractivity contribution in [3.63, 3.8) is 0 Å². The van der Waals surface area contributed by atoms with Gasteiger partial charge >= 0.3 is 0 Å². The average Bonchev–Trinajstić information content (AvgIpc) is 2.57. The number of carbonyl (C=O) groups excluding carboxylic acids is 3. The third-order valence-corrected chi connectivity index (χ3v) is 4.93. The Morgan fingerprint density at radius 2 is 1.88 bits per heavy atom. The molecule has 0 radical (unpaired) electrons. The zero-order valence-corrected chi connectivity index (χ0v) is 14.3. The number of hydrogen-bond donors (Lipinski definition) is 4. The zero-order chi connectivity index (χ0) is 17.8. The number of fused-ring (bicyclic) bond motifs is 1. The van der Waals surface area contributed by atoms with Gasteiger partial charge in [0.25, 0.3) is 0 Å². The largest absolute Gasteiger partial charge is 0.326 e. The summed E-state index contributed by atoms with van der Waals surface area (Å²) < 4.78 is 0. The fourth-order valence-electron chi connectivity index (χ4n) is 3.82. The van der Waals surface area contributed by atoms with E-state index in [9.17, 15) is 14.4 Å². The van der Waals surface area contributed by atoms with Crippen LogP contribution < -0.4 is 21.5 Å². The van der Waals surface area contributed by atoms with E-state index in [1.807, 2.05) is 0 Å². The van der Waals surface area contributed by atoms with E-state index in [-0.39, 0.29) is 35.6 Å². The molecule has 3 rings (SSSR count). The van der Waals surface area contributed by atoms with Gasteiger partial charge in [0.15, 0.2) is 0 Å². The highest BCUT2D eigenvalue weighted by Gasteiger charge is 2.40. The van der Waals surface area contributed by atoms with Gasteiger partial charge in [0.1, 0.15) is 0 Å². The Morgan fingerprint density at radius 1 is 1.16 bits per heavy atom. The van der Waals surface area contributed by atoms with E-state index in [4.69, 9.17) is 0 Å². The molecule has 3 atom stereocenters. The summed E-state index contributed by atoms with van der Waals surface area (Å²) >= 11 is 0. The van der Waals surface area contributed by atoms with Crippen molar-refractivity contribution < 1.29 is 14.4 Å². The summed E-state index contributed by atoms with van der Waals surface area (Å²) in [6.45, 7) is 1.44. The number of carbonyl (C=O) groups is 3. The predicted octanol–water partition coefficient (Wildman–Crippen LogP) is 1.78. The van der Waals surface area contributed by atoms with E-state index < -0.39 is 0 Å². The van der Waals surface area contributed by atoms with Crippen LogP contribution in [-0.2, 0) is 14.4 Å². The normalized spacial score (nSPS) is 25.5. The Labute approximate surface area is 146 Å². The van der Waals surface area contributed by atoms with Crippen LogP contribution in [0.1, 0.15) is 39.0 Å². The molecular weight excluding hydrogens is 320 g/mol. The third kappa shape index (κ3) is 4.36. The molecule has 134 valence electrons. The predicted molar refractivity (Wildman–Crippen MR) is 94.5 cm³/mol. The molecule has 4 N–H and O–H groups in total. The van der Waals surface area contributed by atoms with Crippen LogP contribution in [0.3, 0.4) is 0 Å². The summed E-state index contributed by atoms with van der Waals surface area (Å²) in [6.07, 6.45) is 4.35. The molecule has 0 spiro atoms. The molecule has 0 aromatic heterocycles. The maximum atomic E-state index is 12.4. The van der Waals surface area contributed by atoms with Crippen molar-refractivity contribution in [3.8, 4) is 0 Å². The summed E-state index contributed by atoms with van der Waals surface area (Å²) in [5.41, 5.74) is 6.99. The molecule has 2 aliphatic rings. The number of hydrogen-bond acceptors (Lipinski definition) is 4. The average molecular weight is 344 g/mol. The smallest absolute Gasteiger partial charge is 0.237 e. The summed E-state index contributed by atoms with van der Waals surface area (Å²) in [6, 6.07) is 6.99. The van der Waals surface area contributed by atoms with E-state index in [1.165, 1.54) is 6.92 Å². The van der Waals surface area contributed by atoms with Crippen molar-refractivity contribution in [2.45, 2.75) is 45.1 Å². The fraction of sp³-hybridized carbons (Fsp3) is 0.500. The Balaban J connectivity index is 1.60. The van der Waals surface area contributed by atoms with E-state index in [0.29, 0.717) is 17.8 Å². The summed E-state index contributed by atoms with van der Waals surface area (Å²) in [5.74, 6) is -0.00821. The maximum absolute atomic E-state index is 12.4. The van der Waals surface area contributed by atoms with Crippen molar-refractivity contribution in [2.75, 3.05) is 10.6 Å². The quantitative estimate of drug-likeness (QED) is 0.669. The zero-order valence-electron chi connectivity index (χ0n) is 14.3. The third-order valence-electron chi connectivity index (χ3n) is 4.93. The molecule has 1 saturated heterocycles. The van der Waals surface area contributed by atoms with E-state index in [1.54, 1.807) is 24.3 Å². The van der Waals surface area contributed by atoms with E-state index in [2.05, 4.69) is 21.5 Å². The molecule has 1 aliphatic heterocycles. The van der Waals surface area contributed by atoms with Gasteiger partial charge in [-0.2, -0.15) is 0 Å². The highest BCUT2D eigenvalue weighted by atomic mass is 16.2. The second-order valence-corrected chi connectivity index (χ2v) is 6.81. The lowest BCUT2D eigenvalue weighted by atomic mass is 9.73. The van der Waals surface area contributed by atoms with Gasteiger partial charge in [-0.3, -0.25) is 19.8 Å². The minimum absolute atomic E-state index is 0.0101. The van der Waals surface area contributed by atoms with Gasteiger partial charge < -0.3 is 10.6 Å². The van der Waals surface area contributed by atoms with Gasteiger partial charge in [0, 0.05) is 36.7 Å². The lowest BCUT2D eigenvalue weighted by Gasteiger charge is -2.40. The molecule has 3 unspecified atom stereocenters. The Morgan fingerprint density at radius 3 is 2.64 bits per heavy atom. The molecular formula is C18H24N4O3. The van der Waals surface area contributed by atoms with E-state index >= 15 is 0 Å². The SMILES string of the molecule is CC(=O)Nc1cccc(NC(=O)CC2NNC(=O)C3CCCCC23)c1. The summed E-state index contributed by atoms with van der Waals surface area (Å²) in [7, 11) is 0. The standard InChI is InChI=1S/C18H24N4O3/c1-11(23)19-12-5-4-6-13(9-12)20-17(24)10-16-14-7-2-3-8-15(14)18(25)22-21-16/h4-6,9,14-16,21H,2-3,7-8,10H2,1H3,(H,19,23)(H,20,24)(H,22,25). The van der Waals surface area contributed by atoms with Gasteiger partial charge in [-0.25, -0.2) is 5.43 Å². The van der Waals surface area contributed by atoms with Crippen LogP contribution >= 0.6 is 0 Å². The molecule has 1 aliphatic carbocycles. The van der Waals surface area contributed by atoms with Crippen molar-refractivity contribution in [1.29, 1.82) is 0 Å². The first-order valence-corrected chi connectivity index (χ1v) is 8.76. The minimum Gasteiger partial charge on any atom is -0.326 e. The van der Waals surface area contributed by atoms with Gasteiger partial charge in [-0.1, -0.05) is 18.9 Å². The van der Waals surface area contributed by atoms with Crippen LogP contribution in [-0.4, -0.2) is 23.8 Å². The van der Waals surface area contributed by atoms with Crippen LogP contribution in [0.15, 0.2) is 24.3 Å². The van der Waals surface area contributed by atoms with Crippen molar-refractivity contribution in [1.82, 2.24) is 10.9 Å². The summed E-state index contributed by atoms with van der Waals surface area (Å²) in [5, 5.41) is 5.56. The monoisotopic (exact) mass is 344 g/mol. The van der Waals surface area contributed by atoms with Crippen LogP contribution in [0.25, 0.3) is 0 Å². The topological polar surface area (TPSA) is 99.3 Å². The Bertz CT molecular complexity index is 676. The second-order valence-electron chi connectivity index (χ2n) is 6.81. The van der Waals surface area contributed by atoms with Crippen molar-refractivity contribution in [2.24, 2.45) is 11.8 Å². The van der Waals surface area contributed by atoms with E-state index in [0.717, 1.165) is 25.7 Å². The number of rotatable bonds is 4. The van der Waals surface area contributed by atoms with Crippen LogP contribution in [0.4, 0.5) is 11.4 Å². The van der Waals surface area contributed by atoms with Crippen molar-refractivity contribution >= 4 is 29.1 Å². The van der Waals surface area contributed by atoms with Gasteiger partial charge in [0.2, 0.25) is 17.7 Å². The van der Waals surface area contributed by atoms with Crippen LogP contribution in [0.5, 0.6) is 0 Å².